The van der Waals surface area contributed by atoms with E-state index in [2.05, 4.69) is 5.32 Å². The molecule has 0 saturated carbocycles. The van der Waals surface area contributed by atoms with Crippen LogP contribution in [0.15, 0.2) is 100 Å². The molecule has 2 aliphatic rings. The van der Waals surface area contributed by atoms with Gasteiger partial charge in [-0.15, -0.1) is 17.0 Å². The highest BCUT2D eigenvalue weighted by molar-refractivity contribution is 8.93. The molecule has 1 N–H and O–H groups in total. The second-order valence-corrected chi connectivity index (χ2v) is 10.5. The molecule has 3 aromatic carbocycles. The molecule has 1 atom stereocenters. The number of hydrogen-bond acceptors (Lipinski definition) is 9. The van der Waals surface area contributed by atoms with Gasteiger partial charge in [-0.3, -0.25) is 14.5 Å². The fourth-order valence-corrected chi connectivity index (χ4v) is 5.68. The van der Waals surface area contributed by atoms with Crippen LogP contribution in [0.4, 0.5) is 5.69 Å². The van der Waals surface area contributed by atoms with Crippen LogP contribution in [0.2, 0.25) is 0 Å². The van der Waals surface area contributed by atoms with E-state index in [0.717, 1.165) is 11.8 Å². The summed E-state index contributed by atoms with van der Waals surface area (Å²) >= 11 is 1.01. The van der Waals surface area contributed by atoms with E-state index in [1.165, 1.54) is 18.1 Å². The molecule has 2 heterocycles. The molecule has 0 fully saturated rings. The summed E-state index contributed by atoms with van der Waals surface area (Å²) in [6.07, 6.45) is 1.22. The minimum Gasteiger partial charge on any atom is -0.497 e. The monoisotopic (exact) mass is 691 g/mol. The van der Waals surface area contributed by atoms with Gasteiger partial charge in [0.15, 0.2) is 5.17 Å². The lowest BCUT2D eigenvalue weighted by atomic mass is 9.91. The lowest BCUT2D eigenvalue weighted by Gasteiger charge is -2.38. The molecule has 3 aromatic rings. The summed E-state index contributed by atoms with van der Waals surface area (Å²) in [6, 6.07) is 21.5. The van der Waals surface area contributed by atoms with Crippen molar-refractivity contribution in [3.8, 4) is 5.75 Å². The molecule has 0 spiro atoms. The summed E-state index contributed by atoms with van der Waals surface area (Å²) in [4.78, 5) is 58.9. The Hall–Kier alpha value is -4.68. The fraction of sp³-hybridized carbons (Fsp3) is 0.182. The number of methoxy groups -OCH3 is 1. The van der Waals surface area contributed by atoms with Crippen LogP contribution in [-0.2, 0) is 23.9 Å². The van der Waals surface area contributed by atoms with Crippen molar-refractivity contribution < 1.29 is 33.4 Å². The van der Waals surface area contributed by atoms with Crippen LogP contribution in [0.3, 0.4) is 0 Å². The molecule has 2 aliphatic heterocycles. The Morgan fingerprint density at radius 2 is 1.60 bits per heavy atom. The summed E-state index contributed by atoms with van der Waals surface area (Å²) in [6.45, 7) is 3.80. The van der Waals surface area contributed by atoms with Crippen LogP contribution in [0.1, 0.15) is 41.4 Å². The molecule has 232 valence electrons. The van der Waals surface area contributed by atoms with Gasteiger partial charge in [0, 0.05) is 17.3 Å². The van der Waals surface area contributed by atoms with E-state index >= 15 is 0 Å². The maximum Gasteiger partial charge on any atom is 0.338 e. The topological polar surface area (TPSA) is 124 Å². The molecule has 45 heavy (non-hydrogen) atoms. The van der Waals surface area contributed by atoms with Gasteiger partial charge >= 0.3 is 11.9 Å². The minimum atomic E-state index is -0.914. The number of anilines is 1. The average Bonchev–Trinajstić information content (AvgIpc) is 3.04. The number of benzene rings is 3. The normalized spacial score (nSPS) is 15.6. The van der Waals surface area contributed by atoms with Gasteiger partial charge in [0.2, 0.25) is 0 Å². The molecular weight excluding hydrogens is 662 g/mol. The molecular formula is C33H30BrN3O7S. The summed E-state index contributed by atoms with van der Waals surface area (Å²) in [7, 11) is 1.53. The molecule has 1 unspecified atom stereocenters. The third kappa shape index (κ3) is 7.18. The van der Waals surface area contributed by atoms with E-state index in [4.69, 9.17) is 19.2 Å². The number of aliphatic imine (C=N–C) groups is 1. The zero-order valence-electron chi connectivity index (χ0n) is 24.6. The summed E-state index contributed by atoms with van der Waals surface area (Å²) in [5, 5.41) is 2.98. The smallest absolute Gasteiger partial charge is 0.338 e. The second-order valence-electron chi connectivity index (χ2n) is 9.49. The molecule has 0 saturated heterocycles. The number of esters is 2. The van der Waals surface area contributed by atoms with Crippen LogP contribution in [0, 0.1) is 0 Å². The molecule has 10 nitrogen and oxygen atoms in total. The van der Waals surface area contributed by atoms with Crippen molar-refractivity contribution in [1.82, 2.24) is 4.90 Å². The number of nitrogens with one attached hydrogen (secondary N) is 1. The Bertz CT molecular complexity index is 1700. The van der Waals surface area contributed by atoms with Crippen LogP contribution >= 0.6 is 28.7 Å². The Kier molecular flexibility index (Phi) is 11.0. The van der Waals surface area contributed by atoms with Crippen molar-refractivity contribution >= 4 is 69.0 Å². The molecule has 0 aromatic heterocycles. The number of thioether (sulfide) groups is 1. The van der Waals surface area contributed by atoms with Crippen molar-refractivity contribution in [3.05, 3.63) is 112 Å². The van der Waals surface area contributed by atoms with Gasteiger partial charge in [0.25, 0.3) is 11.8 Å². The predicted octanol–water partition coefficient (Wildman–Crippen LogP) is 5.93. The van der Waals surface area contributed by atoms with Crippen molar-refractivity contribution in [1.29, 1.82) is 0 Å². The first-order valence-electron chi connectivity index (χ1n) is 13.8. The number of carbonyl (C=O) groups excluding carboxylic acids is 4. The van der Waals surface area contributed by atoms with E-state index in [0.29, 0.717) is 33.8 Å². The lowest BCUT2D eigenvalue weighted by molar-refractivity contribution is -0.139. The van der Waals surface area contributed by atoms with Gasteiger partial charge in [0.1, 0.15) is 5.75 Å². The Morgan fingerprint density at radius 3 is 2.27 bits per heavy atom. The van der Waals surface area contributed by atoms with Crippen LogP contribution in [-0.4, -0.2) is 54.1 Å². The third-order valence-corrected chi connectivity index (χ3v) is 7.72. The highest BCUT2D eigenvalue weighted by Crippen LogP contribution is 2.45. The highest BCUT2D eigenvalue weighted by atomic mass is 79.9. The van der Waals surface area contributed by atoms with Crippen molar-refractivity contribution in [2.24, 2.45) is 4.99 Å². The largest absolute Gasteiger partial charge is 0.497 e. The van der Waals surface area contributed by atoms with Crippen molar-refractivity contribution in [2.75, 3.05) is 25.6 Å². The number of ether oxygens (including phenoxy) is 3. The minimum absolute atomic E-state index is 0. The number of hydrogen-bond donors (Lipinski definition) is 1. The first kappa shape index (κ1) is 33.2. The maximum atomic E-state index is 13.8. The SMILES string of the molecule is Br.CCOC(=O)C1=C(c2ccccc2)N=C2SC(C(=O)Nc3ccc(C(=O)OCC)cc3)=CC(=O)N2C1c1cccc(OC)c1. The second kappa shape index (κ2) is 14.9. The average molecular weight is 693 g/mol. The quantitative estimate of drug-likeness (QED) is 0.274. The van der Waals surface area contributed by atoms with Crippen LogP contribution in [0.25, 0.3) is 5.70 Å². The predicted molar refractivity (Wildman–Crippen MR) is 177 cm³/mol. The number of fused-ring (bicyclic) bond motifs is 1. The summed E-state index contributed by atoms with van der Waals surface area (Å²) < 4.78 is 15.9. The number of amides is 2. The zero-order valence-corrected chi connectivity index (χ0v) is 27.2. The van der Waals surface area contributed by atoms with Crippen LogP contribution in [0.5, 0.6) is 5.75 Å². The first-order valence-corrected chi connectivity index (χ1v) is 14.7. The summed E-state index contributed by atoms with van der Waals surface area (Å²) in [5.74, 6) is -1.61. The van der Waals surface area contributed by atoms with E-state index in [1.54, 1.807) is 62.4 Å². The van der Waals surface area contributed by atoms with Gasteiger partial charge < -0.3 is 19.5 Å². The molecule has 0 aliphatic carbocycles. The standard InChI is InChI=1S/C33H29N3O7S.BrH/c1-4-42-31(39)21-14-16-23(17-15-21)34-30(38)25-19-26(37)36-29(22-12-9-13-24(18-22)41-3)27(32(40)43-5-2)28(35-33(36)44-25)20-10-7-6-8-11-20;/h6-19,29H,4-5H2,1-3H3,(H,34,38);1H. The van der Waals surface area contributed by atoms with Gasteiger partial charge in [-0.05, 0) is 67.6 Å². The maximum absolute atomic E-state index is 13.8. The zero-order chi connectivity index (χ0) is 31.2. The first-order chi connectivity index (χ1) is 21.3. The molecule has 2 amide bonds. The van der Waals surface area contributed by atoms with E-state index in [1.807, 2.05) is 30.3 Å². The third-order valence-electron chi connectivity index (χ3n) is 6.72. The van der Waals surface area contributed by atoms with E-state index in [9.17, 15) is 19.2 Å². The number of carbonyl (C=O) groups is 4. The Morgan fingerprint density at radius 1 is 0.911 bits per heavy atom. The van der Waals surface area contributed by atoms with Gasteiger partial charge in [-0.2, -0.15) is 0 Å². The van der Waals surface area contributed by atoms with Gasteiger partial charge in [-0.25, -0.2) is 14.6 Å². The Labute approximate surface area is 274 Å². The summed E-state index contributed by atoms with van der Waals surface area (Å²) in [5.41, 5.74) is 2.54. The number of rotatable bonds is 9. The molecule has 5 rings (SSSR count). The van der Waals surface area contributed by atoms with E-state index < -0.39 is 29.8 Å². The molecule has 0 radical (unpaired) electrons. The van der Waals surface area contributed by atoms with Gasteiger partial charge in [0.05, 0.1) is 48.1 Å². The van der Waals surface area contributed by atoms with Crippen molar-refractivity contribution in [2.45, 2.75) is 19.9 Å². The molecule has 12 heteroatoms. The highest BCUT2D eigenvalue weighted by Gasteiger charge is 2.44. The lowest BCUT2D eigenvalue weighted by Crippen LogP contribution is -2.45. The van der Waals surface area contributed by atoms with Crippen LogP contribution < -0.4 is 10.1 Å². The molecule has 0 bridgehead atoms. The van der Waals surface area contributed by atoms with Gasteiger partial charge in [-0.1, -0.05) is 42.5 Å². The fourth-order valence-electron chi connectivity index (χ4n) is 4.75. The Balaban J connectivity index is 0.00000461. The van der Waals surface area contributed by atoms with Crippen molar-refractivity contribution in [3.63, 3.8) is 0 Å². The number of halogens is 1. The number of amidine groups is 1. The van der Waals surface area contributed by atoms with E-state index in [-0.39, 0.29) is 45.8 Å². The number of nitrogens with zero attached hydrogens (tertiary/aromatic N) is 2.